The highest BCUT2D eigenvalue weighted by Crippen LogP contribution is 2.40. The molecule has 0 aromatic heterocycles. The molecule has 1 aliphatic carbocycles. The first-order valence-corrected chi connectivity index (χ1v) is 11.5. The molecule has 0 saturated heterocycles. The van der Waals surface area contributed by atoms with Crippen LogP contribution in [0, 0.1) is 11.8 Å². The molecule has 0 amide bonds. The second-order valence-corrected chi connectivity index (χ2v) is 8.40. The van der Waals surface area contributed by atoms with Gasteiger partial charge in [-0.3, -0.25) is 0 Å². The first-order chi connectivity index (χ1) is 13.6. The molecule has 0 aromatic rings. The summed E-state index contributed by atoms with van der Waals surface area (Å²) in [5.74, 6) is 0.349. The second-order valence-electron chi connectivity index (χ2n) is 8.40. The van der Waals surface area contributed by atoms with Gasteiger partial charge in [-0.05, 0) is 56.8 Å². The van der Waals surface area contributed by atoms with Gasteiger partial charge in [0.05, 0.1) is 6.10 Å². The number of aliphatic hydroxyl groups excluding tert-OH is 1. The van der Waals surface area contributed by atoms with Gasteiger partial charge in [0.2, 0.25) is 0 Å². The highest BCUT2D eigenvalue weighted by molar-refractivity contribution is 5.49. The second kappa shape index (κ2) is 15.2. The first kappa shape index (κ1) is 25.3. The van der Waals surface area contributed by atoms with E-state index in [9.17, 15) is 9.90 Å². The Hall–Kier alpha value is -0.710. The van der Waals surface area contributed by atoms with Gasteiger partial charge < -0.3 is 19.4 Å². The Balaban J connectivity index is 2.47. The van der Waals surface area contributed by atoms with Gasteiger partial charge in [0, 0.05) is 33.5 Å². The van der Waals surface area contributed by atoms with Gasteiger partial charge in [0.25, 0.3) is 0 Å². The molecule has 1 unspecified atom stereocenters. The van der Waals surface area contributed by atoms with E-state index in [1.54, 1.807) is 14.2 Å². The van der Waals surface area contributed by atoms with Crippen LogP contribution in [0.5, 0.6) is 0 Å². The zero-order chi connectivity index (χ0) is 20.7. The van der Waals surface area contributed by atoms with Crippen LogP contribution >= 0.6 is 0 Å². The van der Waals surface area contributed by atoms with Crippen molar-refractivity contribution < 1.29 is 19.4 Å². The number of unbranched alkanes of at least 4 members (excludes halogenated alkanes) is 6. The summed E-state index contributed by atoms with van der Waals surface area (Å²) in [4.78, 5) is 10.4. The number of rotatable bonds is 17. The number of carbonyl (C=O) groups is 1. The summed E-state index contributed by atoms with van der Waals surface area (Å²) in [5.41, 5.74) is 0. The summed E-state index contributed by atoms with van der Waals surface area (Å²) in [7, 11) is 3.50. The molecule has 0 aliphatic heterocycles. The van der Waals surface area contributed by atoms with Gasteiger partial charge >= 0.3 is 0 Å². The minimum absolute atomic E-state index is 0.204. The van der Waals surface area contributed by atoms with E-state index in [0.29, 0.717) is 18.3 Å². The Kier molecular flexibility index (Phi) is 13.7. The summed E-state index contributed by atoms with van der Waals surface area (Å²) in [6, 6.07) is 0. The van der Waals surface area contributed by atoms with Crippen molar-refractivity contribution in [1.29, 1.82) is 0 Å². The lowest BCUT2D eigenvalue weighted by Gasteiger charge is -2.33. The molecule has 0 aromatic carbocycles. The Bertz CT molecular complexity index is 417. The third-order valence-electron chi connectivity index (χ3n) is 6.50. The first-order valence-electron chi connectivity index (χ1n) is 11.5. The Morgan fingerprint density at radius 3 is 2.39 bits per heavy atom. The summed E-state index contributed by atoms with van der Waals surface area (Å²) in [5, 5.41) is 10.5. The fourth-order valence-electron chi connectivity index (χ4n) is 4.56. The maximum atomic E-state index is 10.5. The average molecular weight is 397 g/mol. The SMILES string of the molecule is CCCCCCCC(CC[C@@H]1C(C/C=C\CCCC=O)CC[C@H]1O)(OC)OC. The molecule has 1 saturated carbocycles. The maximum absolute atomic E-state index is 10.5. The van der Waals surface area contributed by atoms with E-state index in [0.717, 1.165) is 64.1 Å². The maximum Gasteiger partial charge on any atom is 0.167 e. The number of aliphatic hydroxyl groups is 1. The zero-order valence-electron chi connectivity index (χ0n) is 18.5. The van der Waals surface area contributed by atoms with Crippen molar-refractivity contribution in [3.8, 4) is 0 Å². The van der Waals surface area contributed by atoms with E-state index in [-0.39, 0.29) is 6.10 Å². The van der Waals surface area contributed by atoms with Crippen LogP contribution in [-0.2, 0) is 14.3 Å². The lowest BCUT2D eigenvalue weighted by Crippen LogP contribution is -2.35. The fraction of sp³-hybridized carbons (Fsp3) is 0.875. The fourth-order valence-corrected chi connectivity index (χ4v) is 4.56. The highest BCUT2D eigenvalue weighted by Gasteiger charge is 2.37. The lowest BCUT2D eigenvalue weighted by atomic mass is 9.85. The number of hydrogen-bond acceptors (Lipinski definition) is 4. The number of hydrogen-bond donors (Lipinski definition) is 1. The van der Waals surface area contributed by atoms with Crippen molar-refractivity contribution in [2.75, 3.05) is 14.2 Å². The third kappa shape index (κ3) is 9.19. The van der Waals surface area contributed by atoms with E-state index >= 15 is 0 Å². The molecule has 0 radical (unpaired) electrons. The van der Waals surface area contributed by atoms with E-state index in [2.05, 4.69) is 19.1 Å². The minimum Gasteiger partial charge on any atom is -0.393 e. The van der Waals surface area contributed by atoms with Crippen LogP contribution in [0.15, 0.2) is 12.2 Å². The van der Waals surface area contributed by atoms with Crippen LogP contribution in [0.4, 0.5) is 0 Å². The number of allylic oxidation sites excluding steroid dienone is 2. The molecule has 3 atom stereocenters. The average Bonchev–Trinajstić information content (AvgIpc) is 3.06. The minimum atomic E-state index is -0.510. The third-order valence-corrected chi connectivity index (χ3v) is 6.50. The van der Waals surface area contributed by atoms with Gasteiger partial charge in [-0.25, -0.2) is 0 Å². The van der Waals surface area contributed by atoms with Crippen LogP contribution in [-0.4, -0.2) is 37.5 Å². The number of carbonyl (C=O) groups excluding carboxylic acids is 1. The molecule has 28 heavy (non-hydrogen) atoms. The highest BCUT2D eigenvalue weighted by atomic mass is 16.7. The van der Waals surface area contributed by atoms with Gasteiger partial charge in [-0.15, -0.1) is 0 Å². The molecule has 1 rings (SSSR count). The van der Waals surface area contributed by atoms with Crippen molar-refractivity contribution in [3.05, 3.63) is 12.2 Å². The molecule has 0 heterocycles. The molecule has 4 nitrogen and oxygen atoms in total. The number of methoxy groups -OCH3 is 2. The molecule has 4 heteroatoms. The van der Waals surface area contributed by atoms with E-state index in [4.69, 9.17) is 9.47 Å². The van der Waals surface area contributed by atoms with Crippen molar-refractivity contribution in [2.24, 2.45) is 11.8 Å². The molecule has 0 spiro atoms. The van der Waals surface area contributed by atoms with E-state index in [1.807, 2.05) is 0 Å². The monoisotopic (exact) mass is 396 g/mol. The lowest BCUT2D eigenvalue weighted by molar-refractivity contribution is -0.218. The van der Waals surface area contributed by atoms with Gasteiger partial charge in [-0.1, -0.05) is 44.8 Å². The van der Waals surface area contributed by atoms with E-state index < -0.39 is 5.79 Å². The van der Waals surface area contributed by atoms with Crippen LogP contribution in [0.25, 0.3) is 0 Å². The molecule has 164 valence electrons. The van der Waals surface area contributed by atoms with Crippen molar-refractivity contribution in [3.63, 3.8) is 0 Å². The quantitative estimate of drug-likeness (QED) is 0.146. The van der Waals surface area contributed by atoms with Crippen molar-refractivity contribution in [2.45, 2.75) is 109 Å². The molecular formula is C24H44O4. The number of ether oxygens (including phenoxy) is 2. The predicted octanol–water partition coefficient (Wildman–Crippen LogP) is 5.82. The predicted molar refractivity (Wildman–Crippen MR) is 115 cm³/mol. The summed E-state index contributed by atoms with van der Waals surface area (Å²) in [6.07, 6.45) is 19.7. The number of aldehydes is 1. The normalized spacial score (nSPS) is 22.9. The molecular weight excluding hydrogens is 352 g/mol. The van der Waals surface area contributed by atoms with Crippen molar-refractivity contribution >= 4 is 6.29 Å². The summed E-state index contributed by atoms with van der Waals surface area (Å²) >= 11 is 0. The van der Waals surface area contributed by atoms with Crippen LogP contribution < -0.4 is 0 Å². The van der Waals surface area contributed by atoms with Gasteiger partial charge in [0.15, 0.2) is 5.79 Å². The summed E-state index contributed by atoms with van der Waals surface area (Å²) in [6.45, 7) is 2.23. The van der Waals surface area contributed by atoms with Crippen LogP contribution in [0.3, 0.4) is 0 Å². The Morgan fingerprint density at radius 1 is 0.964 bits per heavy atom. The Labute approximate surface area is 173 Å². The van der Waals surface area contributed by atoms with Crippen LogP contribution in [0.2, 0.25) is 0 Å². The van der Waals surface area contributed by atoms with E-state index in [1.165, 1.54) is 25.7 Å². The van der Waals surface area contributed by atoms with Crippen molar-refractivity contribution in [1.82, 2.24) is 0 Å². The molecule has 1 aliphatic rings. The molecule has 0 bridgehead atoms. The molecule has 1 N–H and O–H groups in total. The Morgan fingerprint density at radius 2 is 1.71 bits per heavy atom. The standard InChI is InChI=1S/C24H44O4/c1-4-5-6-9-12-18-24(27-2,28-3)19-17-22-21(15-16-23(22)26)14-11-8-7-10-13-20-25/h8,11,20-23,26H,4-7,9-10,12-19H2,1-3H3/b11-8-/t21?,22-,23-/m1/s1. The smallest absolute Gasteiger partial charge is 0.167 e. The van der Waals surface area contributed by atoms with Crippen LogP contribution in [0.1, 0.15) is 96.8 Å². The largest absolute Gasteiger partial charge is 0.393 e. The zero-order valence-corrected chi connectivity index (χ0v) is 18.5. The van der Waals surface area contributed by atoms with Gasteiger partial charge in [-0.2, -0.15) is 0 Å². The van der Waals surface area contributed by atoms with Gasteiger partial charge in [0.1, 0.15) is 6.29 Å². The molecule has 1 fully saturated rings. The topological polar surface area (TPSA) is 55.8 Å². The summed E-state index contributed by atoms with van der Waals surface area (Å²) < 4.78 is 11.6.